The van der Waals surface area contributed by atoms with Crippen LogP contribution in [-0.2, 0) is 13.7 Å². The molecule has 0 radical (unpaired) electrons. The zero-order valence-corrected chi connectivity index (χ0v) is 13.6. The monoisotopic (exact) mass is 296 g/mol. The molecule has 0 unspecified atom stereocenters. The van der Waals surface area contributed by atoms with Gasteiger partial charge in [-0.1, -0.05) is 19.1 Å². The maximum atomic E-state index is 12.9. The summed E-state index contributed by atoms with van der Waals surface area (Å²) in [5.41, 5.74) is 0.733. The lowest BCUT2D eigenvalue weighted by molar-refractivity contribution is -0.00963. The summed E-state index contributed by atoms with van der Waals surface area (Å²) in [5, 5.41) is 0. The van der Waals surface area contributed by atoms with Gasteiger partial charge in [-0.25, -0.2) is 4.39 Å². The minimum Gasteiger partial charge on any atom is -0.417 e. The van der Waals surface area contributed by atoms with E-state index in [2.05, 4.69) is 26.6 Å². The van der Waals surface area contributed by atoms with Crippen molar-refractivity contribution in [3.63, 3.8) is 0 Å². The largest absolute Gasteiger partial charge is 0.493 e. The summed E-state index contributed by atoms with van der Waals surface area (Å²) >= 11 is 0. The van der Waals surface area contributed by atoms with Gasteiger partial charge in [-0.05, 0) is 37.2 Å². The number of halogens is 1. The Morgan fingerprint density at radius 2 is 1.75 bits per heavy atom. The van der Waals surface area contributed by atoms with Crippen molar-refractivity contribution in [2.24, 2.45) is 5.41 Å². The van der Waals surface area contributed by atoms with Gasteiger partial charge in [0.25, 0.3) is 0 Å². The van der Waals surface area contributed by atoms with E-state index in [4.69, 9.17) is 13.7 Å². The van der Waals surface area contributed by atoms with Crippen LogP contribution in [0.1, 0.15) is 6.92 Å². The first kappa shape index (κ1) is 15.7. The molecule has 0 saturated carbocycles. The fraction of sp³-hybridized carbons (Fsp3) is 0.571. The lowest BCUT2D eigenvalue weighted by Crippen LogP contribution is -2.51. The van der Waals surface area contributed by atoms with Crippen molar-refractivity contribution >= 4 is 20.9 Å². The van der Waals surface area contributed by atoms with Gasteiger partial charge >= 0.3 is 7.12 Å². The molecule has 6 heteroatoms. The van der Waals surface area contributed by atoms with Gasteiger partial charge in [-0.2, -0.15) is 0 Å². The highest BCUT2D eigenvalue weighted by Gasteiger charge is 2.37. The molecule has 0 aromatic heterocycles. The maximum Gasteiger partial charge on any atom is 0.493 e. The van der Waals surface area contributed by atoms with Gasteiger partial charge in [-0.3, -0.25) is 0 Å². The van der Waals surface area contributed by atoms with Crippen LogP contribution in [0.15, 0.2) is 24.3 Å². The van der Waals surface area contributed by atoms with E-state index < -0.39 is 15.4 Å². The molecule has 1 aromatic rings. The number of rotatable bonds is 4. The van der Waals surface area contributed by atoms with Crippen LogP contribution in [0.2, 0.25) is 19.6 Å². The molecule has 1 aromatic carbocycles. The summed E-state index contributed by atoms with van der Waals surface area (Å²) in [7, 11) is -1.94. The van der Waals surface area contributed by atoms with Gasteiger partial charge in [0.15, 0.2) is 8.32 Å². The Bertz CT molecular complexity index is 439. The normalized spacial score (nSPS) is 19.1. The van der Waals surface area contributed by atoms with Crippen molar-refractivity contribution in [1.82, 2.24) is 0 Å². The third kappa shape index (κ3) is 4.41. The Morgan fingerprint density at radius 1 is 1.20 bits per heavy atom. The van der Waals surface area contributed by atoms with Gasteiger partial charge in [0.1, 0.15) is 5.82 Å². The maximum absolute atomic E-state index is 12.9. The molecule has 1 aliphatic heterocycles. The van der Waals surface area contributed by atoms with Gasteiger partial charge in [0.2, 0.25) is 0 Å². The fourth-order valence-electron chi connectivity index (χ4n) is 1.93. The molecule has 1 heterocycles. The van der Waals surface area contributed by atoms with E-state index in [1.165, 1.54) is 12.1 Å². The Labute approximate surface area is 121 Å². The van der Waals surface area contributed by atoms with E-state index in [0.717, 1.165) is 5.46 Å². The highest BCUT2D eigenvalue weighted by atomic mass is 28.4. The van der Waals surface area contributed by atoms with Crippen molar-refractivity contribution in [3.05, 3.63) is 30.1 Å². The van der Waals surface area contributed by atoms with E-state index in [1.54, 1.807) is 12.1 Å². The second-order valence-electron chi connectivity index (χ2n) is 6.72. The van der Waals surface area contributed by atoms with Crippen molar-refractivity contribution in [3.8, 4) is 0 Å². The smallest absolute Gasteiger partial charge is 0.417 e. The van der Waals surface area contributed by atoms with Crippen LogP contribution >= 0.6 is 0 Å². The van der Waals surface area contributed by atoms with Crippen LogP contribution in [0.5, 0.6) is 0 Å². The minimum atomic E-state index is -1.53. The van der Waals surface area contributed by atoms with Gasteiger partial charge in [0, 0.05) is 25.2 Å². The van der Waals surface area contributed by atoms with Crippen LogP contribution in [-0.4, -0.2) is 35.3 Å². The molecule has 110 valence electrons. The molecular weight excluding hydrogens is 274 g/mol. The number of hydrogen-bond acceptors (Lipinski definition) is 3. The third-order valence-corrected chi connectivity index (χ3v) is 4.17. The lowest BCUT2D eigenvalue weighted by Gasteiger charge is -2.37. The van der Waals surface area contributed by atoms with E-state index in [9.17, 15) is 4.39 Å². The first-order chi connectivity index (χ1) is 9.27. The molecule has 0 atom stereocenters. The Kier molecular flexibility index (Phi) is 4.69. The molecule has 0 spiro atoms. The lowest BCUT2D eigenvalue weighted by atomic mass is 9.76. The topological polar surface area (TPSA) is 27.7 Å². The summed E-state index contributed by atoms with van der Waals surface area (Å²) < 4.78 is 30.4. The zero-order chi connectivity index (χ0) is 14.8. The quantitative estimate of drug-likeness (QED) is 0.799. The first-order valence-corrected chi connectivity index (χ1v) is 10.3. The predicted octanol–water partition coefficient (Wildman–Crippen LogP) is 2.43. The molecule has 1 fully saturated rings. The standard InChI is InChI=1S/C14H22BFO3Si/c1-14(11-19-20(2,3)4)9-17-15(18-10-14)12-5-7-13(16)8-6-12/h5-8H,9-11H2,1-4H3. The first-order valence-electron chi connectivity index (χ1n) is 6.90. The molecular formula is C14H22BFO3Si. The molecule has 3 nitrogen and oxygen atoms in total. The van der Waals surface area contributed by atoms with E-state index in [-0.39, 0.29) is 11.2 Å². The highest BCUT2D eigenvalue weighted by molar-refractivity contribution is 6.69. The van der Waals surface area contributed by atoms with Crippen LogP contribution in [0.25, 0.3) is 0 Å². The molecule has 2 rings (SSSR count). The van der Waals surface area contributed by atoms with Crippen molar-refractivity contribution < 1.29 is 18.1 Å². The average molecular weight is 296 g/mol. The third-order valence-electron chi connectivity index (χ3n) is 3.16. The van der Waals surface area contributed by atoms with Crippen LogP contribution in [0.3, 0.4) is 0 Å². The van der Waals surface area contributed by atoms with E-state index in [1.807, 2.05) is 0 Å². The minimum absolute atomic E-state index is 0.114. The molecule has 1 aliphatic rings. The second kappa shape index (κ2) is 5.97. The van der Waals surface area contributed by atoms with Crippen LogP contribution in [0, 0.1) is 11.2 Å². The van der Waals surface area contributed by atoms with Crippen molar-refractivity contribution in [2.45, 2.75) is 26.6 Å². The SMILES string of the molecule is CC1(CO[Si](C)(C)C)COB(c2ccc(F)cc2)OC1. The summed E-state index contributed by atoms with van der Waals surface area (Å²) in [6.45, 7) is 10.4. The predicted molar refractivity (Wildman–Crippen MR) is 81.1 cm³/mol. The Morgan fingerprint density at radius 3 is 2.25 bits per heavy atom. The number of hydrogen-bond donors (Lipinski definition) is 0. The fourth-order valence-corrected chi connectivity index (χ4v) is 2.71. The molecule has 1 saturated heterocycles. The molecule has 20 heavy (non-hydrogen) atoms. The van der Waals surface area contributed by atoms with Crippen LogP contribution < -0.4 is 5.46 Å². The number of benzene rings is 1. The molecule has 0 amide bonds. The summed E-state index contributed by atoms with van der Waals surface area (Å²) in [6, 6.07) is 6.23. The Hall–Kier alpha value is -0.688. The van der Waals surface area contributed by atoms with E-state index >= 15 is 0 Å². The molecule has 0 N–H and O–H groups in total. The van der Waals surface area contributed by atoms with Gasteiger partial charge < -0.3 is 13.7 Å². The second-order valence-corrected chi connectivity index (χ2v) is 11.2. The van der Waals surface area contributed by atoms with Crippen molar-refractivity contribution in [1.29, 1.82) is 0 Å². The summed E-state index contributed by atoms with van der Waals surface area (Å²) in [4.78, 5) is 0. The summed E-state index contributed by atoms with van der Waals surface area (Å²) in [6.07, 6.45) is 0. The average Bonchev–Trinajstić information content (AvgIpc) is 2.38. The van der Waals surface area contributed by atoms with Crippen LogP contribution in [0.4, 0.5) is 4.39 Å². The summed E-state index contributed by atoms with van der Waals surface area (Å²) in [5.74, 6) is -0.252. The van der Waals surface area contributed by atoms with Gasteiger partial charge in [0.05, 0.1) is 0 Å². The highest BCUT2D eigenvalue weighted by Crippen LogP contribution is 2.24. The Balaban J connectivity index is 1.89. The van der Waals surface area contributed by atoms with Crippen molar-refractivity contribution in [2.75, 3.05) is 19.8 Å². The van der Waals surface area contributed by atoms with Gasteiger partial charge in [-0.15, -0.1) is 0 Å². The zero-order valence-electron chi connectivity index (χ0n) is 12.6. The molecule has 0 bridgehead atoms. The molecule has 0 aliphatic carbocycles. The van der Waals surface area contributed by atoms with E-state index in [0.29, 0.717) is 19.8 Å².